The van der Waals surface area contributed by atoms with E-state index < -0.39 is 18.6 Å². The average Bonchev–Trinajstić information content (AvgIpc) is 3.17. The molecule has 0 spiro atoms. The van der Waals surface area contributed by atoms with Crippen molar-refractivity contribution in [3.05, 3.63) is 70.0 Å². The standard InChI is InChI=1S/C23H26ClF2N3O2/c24-19-5-1-16(2-6-19)13-27-7-9-28(10-8-27)21-14-29(15-22(21)30)23(31)17-3-4-18(12-25)20(26)11-17/h1-6,11,21-22,30H,7-10,12-15H2/t21-,22-/m1/s1. The molecule has 0 bridgehead atoms. The van der Waals surface area contributed by atoms with Crippen LogP contribution in [0.2, 0.25) is 5.02 Å². The zero-order chi connectivity index (χ0) is 22.0. The third kappa shape index (κ3) is 5.06. The van der Waals surface area contributed by atoms with Crippen LogP contribution in [0.3, 0.4) is 0 Å². The van der Waals surface area contributed by atoms with Crippen molar-refractivity contribution in [1.82, 2.24) is 14.7 Å². The van der Waals surface area contributed by atoms with E-state index in [1.165, 1.54) is 17.7 Å². The molecule has 1 N–H and O–H groups in total. The molecule has 2 atom stereocenters. The van der Waals surface area contributed by atoms with Crippen molar-refractivity contribution < 1.29 is 18.7 Å². The van der Waals surface area contributed by atoms with E-state index in [4.69, 9.17) is 11.6 Å². The van der Waals surface area contributed by atoms with Gasteiger partial charge in [-0.25, -0.2) is 8.78 Å². The van der Waals surface area contributed by atoms with E-state index in [0.717, 1.165) is 43.8 Å². The SMILES string of the molecule is O=C(c1ccc(CF)c(F)c1)N1C[C@@H](O)[C@H](N2CCN(Cc3ccc(Cl)cc3)CC2)C1. The van der Waals surface area contributed by atoms with E-state index in [1.807, 2.05) is 24.3 Å². The number of piperazine rings is 1. The van der Waals surface area contributed by atoms with Gasteiger partial charge in [-0.15, -0.1) is 0 Å². The number of alkyl halides is 1. The Balaban J connectivity index is 1.32. The molecule has 5 nitrogen and oxygen atoms in total. The molecule has 166 valence electrons. The van der Waals surface area contributed by atoms with Gasteiger partial charge in [0, 0.05) is 62.0 Å². The number of aliphatic hydroxyl groups excluding tert-OH is 1. The Kier molecular flexibility index (Phi) is 6.86. The fourth-order valence-electron chi connectivity index (χ4n) is 4.37. The lowest BCUT2D eigenvalue weighted by molar-refractivity contribution is 0.0423. The largest absolute Gasteiger partial charge is 0.390 e. The molecule has 1 amide bonds. The van der Waals surface area contributed by atoms with Crippen LogP contribution in [0.25, 0.3) is 0 Å². The molecule has 2 heterocycles. The van der Waals surface area contributed by atoms with Crippen LogP contribution in [0, 0.1) is 5.82 Å². The van der Waals surface area contributed by atoms with Crippen LogP contribution in [0.4, 0.5) is 8.78 Å². The molecule has 2 fully saturated rings. The number of nitrogens with zero attached hydrogens (tertiary/aromatic N) is 3. The predicted octanol–water partition coefficient (Wildman–Crippen LogP) is 2.95. The maximum atomic E-state index is 13.9. The fraction of sp³-hybridized carbons (Fsp3) is 0.435. The highest BCUT2D eigenvalue weighted by Crippen LogP contribution is 2.22. The number of rotatable bonds is 5. The van der Waals surface area contributed by atoms with Crippen molar-refractivity contribution in [1.29, 1.82) is 0 Å². The summed E-state index contributed by atoms with van der Waals surface area (Å²) in [5, 5.41) is 11.3. The first-order chi connectivity index (χ1) is 14.9. The average molecular weight is 450 g/mol. The monoisotopic (exact) mass is 449 g/mol. The Labute approximate surface area is 185 Å². The van der Waals surface area contributed by atoms with Crippen molar-refractivity contribution in [3.63, 3.8) is 0 Å². The molecule has 0 aliphatic carbocycles. The number of carbonyl (C=O) groups is 1. The Morgan fingerprint density at radius 1 is 1.06 bits per heavy atom. The maximum Gasteiger partial charge on any atom is 0.254 e. The number of benzene rings is 2. The van der Waals surface area contributed by atoms with Crippen LogP contribution in [-0.2, 0) is 13.2 Å². The highest BCUT2D eigenvalue weighted by atomic mass is 35.5. The molecule has 0 unspecified atom stereocenters. The summed E-state index contributed by atoms with van der Waals surface area (Å²) in [5.41, 5.74) is 1.32. The topological polar surface area (TPSA) is 47.0 Å². The van der Waals surface area contributed by atoms with Gasteiger partial charge in [-0.2, -0.15) is 0 Å². The second-order valence-electron chi connectivity index (χ2n) is 8.22. The highest BCUT2D eigenvalue weighted by Gasteiger charge is 2.39. The van der Waals surface area contributed by atoms with Crippen molar-refractivity contribution >= 4 is 17.5 Å². The number of aliphatic hydroxyl groups is 1. The smallest absolute Gasteiger partial charge is 0.254 e. The van der Waals surface area contributed by atoms with Crippen LogP contribution < -0.4 is 0 Å². The van der Waals surface area contributed by atoms with Gasteiger partial charge in [-0.1, -0.05) is 29.8 Å². The third-order valence-corrected chi connectivity index (χ3v) is 6.44. The van der Waals surface area contributed by atoms with Gasteiger partial charge in [0.05, 0.1) is 12.1 Å². The molecule has 2 aliphatic heterocycles. The zero-order valence-corrected chi connectivity index (χ0v) is 17.9. The van der Waals surface area contributed by atoms with E-state index in [0.29, 0.717) is 6.54 Å². The first-order valence-electron chi connectivity index (χ1n) is 10.5. The summed E-state index contributed by atoms with van der Waals surface area (Å²) >= 11 is 5.95. The van der Waals surface area contributed by atoms with E-state index in [1.54, 1.807) is 4.90 Å². The van der Waals surface area contributed by atoms with Gasteiger partial charge in [0.1, 0.15) is 12.5 Å². The summed E-state index contributed by atoms with van der Waals surface area (Å²) in [6.07, 6.45) is -0.651. The fourth-order valence-corrected chi connectivity index (χ4v) is 4.49. The summed E-state index contributed by atoms with van der Waals surface area (Å²) in [7, 11) is 0. The minimum atomic E-state index is -0.908. The molecule has 4 rings (SSSR count). The molecule has 31 heavy (non-hydrogen) atoms. The van der Waals surface area contributed by atoms with Crippen molar-refractivity contribution in [2.75, 3.05) is 39.3 Å². The number of halogens is 3. The second-order valence-corrected chi connectivity index (χ2v) is 8.66. The first kappa shape index (κ1) is 22.1. The van der Waals surface area contributed by atoms with Crippen molar-refractivity contribution in [3.8, 4) is 0 Å². The lowest BCUT2D eigenvalue weighted by Crippen LogP contribution is -2.53. The molecule has 2 aromatic carbocycles. The molecular weight excluding hydrogens is 424 g/mol. The van der Waals surface area contributed by atoms with Gasteiger partial charge in [-0.3, -0.25) is 14.6 Å². The Morgan fingerprint density at radius 3 is 2.42 bits per heavy atom. The number of likely N-dealkylation sites (tertiary alicyclic amines) is 1. The number of amides is 1. The van der Waals surface area contributed by atoms with Crippen molar-refractivity contribution in [2.45, 2.75) is 25.4 Å². The van der Waals surface area contributed by atoms with Gasteiger partial charge in [0.15, 0.2) is 0 Å². The predicted molar refractivity (Wildman–Crippen MR) is 115 cm³/mol. The summed E-state index contributed by atoms with van der Waals surface area (Å²) in [5.74, 6) is -1.06. The van der Waals surface area contributed by atoms with Crippen molar-refractivity contribution in [2.24, 2.45) is 0 Å². The molecule has 2 aromatic rings. The summed E-state index contributed by atoms with van der Waals surface area (Å²) in [6.45, 7) is 3.89. The Bertz CT molecular complexity index is 920. The van der Waals surface area contributed by atoms with Crippen LogP contribution in [0.15, 0.2) is 42.5 Å². The molecule has 0 radical (unpaired) electrons. The number of β-amino-alcohol motifs (C(OH)–C–C–N with tert-alkyl or cyclic N) is 1. The normalized spacial score (nSPS) is 22.8. The summed E-state index contributed by atoms with van der Waals surface area (Å²) in [6, 6.07) is 11.5. The molecule has 8 heteroatoms. The van der Waals surface area contributed by atoms with E-state index in [2.05, 4.69) is 9.80 Å². The van der Waals surface area contributed by atoms with Crippen LogP contribution in [0.1, 0.15) is 21.5 Å². The third-order valence-electron chi connectivity index (χ3n) is 6.19. The van der Waals surface area contributed by atoms with Gasteiger partial charge >= 0.3 is 0 Å². The highest BCUT2D eigenvalue weighted by molar-refractivity contribution is 6.30. The van der Waals surface area contributed by atoms with Crippen LogP contribution in [0.5, 0.6) is 0 Å². The van der Waals surface area contributed by atoms with E-state index in [-0.39, 0.29) is 29.6 Å². The second kappa shape index (κ2) is 9.61. The summed E-state index contributed by atoms with van der Waals surface area (Å²) < 4.78 is 26.6. The number of hydrogen-bond acceptors (Lipinski definition) is 4. The minimum absolute atomic E-state index is 0.0626. The maximum absolute atomic E-state index is 13.9. The van der Waals surface area contributed by atoms with E-state index >= 15 is 0 Å². The molecule has 2 saturated heterocycles. The van der Waals surface area contributed by atoms with Gasteiger partial charge in [0.2, 0.25) is 0 Å². The molecular formula is C23H26ClF2N3O2. The lowest BCUT2D eigenvalue weighted by Gasteiger charge is -2.38. The number of hydrogen-bond donors (Lipinski definition) is 1. The quantitative estimate of drug-likeness (QED) is 0.762. The summed E-state index contributed by atoms with van der Waals surface area (Å²) in [4.78, 5) is 18.9. The van der Waals surface area contributed by atoms with Gasteiger partial charge in [0.25, 0.3) is 5.91 Å². The molecule has 0 saturated carbocycles. The van der Waals surface area contributed by atoms with Crippen LogP contribution >= 0.6 is 11.6 Å². The molecule has 2 aliphatic rings. The first-order valence-corrected chi connectivity index (χ1v) is 10.8. The van der Waals surface area contributed by atoms with Gasteiger partial charge < -0.3 is 10.0 Å². The van der Waals surface area contributed by atoms with Crippen LogP contribution in [-0.4, -0.2) is 77.1 Å². The number of carbonyl (C=O) groups excluding carboxylic acids is 1. The Morgan fingerprint density at radius 2 is 1.77 bits per heavy atom. The van der Waals surface area contributed by atoms with Gasteiger partial charge in [-0.05, 0) is 29.8 Å². The molecule has 0 aromatic heterocycles. The lowest BCUT2D eigenvalue weighted by atomic mass is 10.1. The zero-order valence-electron chi connectivity index (χ0n) is 17.2. The minimum Gasteiger partial charge on any atom is -0.390 e. The van der Waals surface area contributed by atoms with E-state index in [9.17, 15) is 18.7 Å². The Hall–Kier alpha value is -2.06.